The average Bonchev–Trinajstić information content (AvgIpc) is 2.69. The molecular formula is C21H25ClN2O4. The molecule has 2 aliphatic rings. The van der Waals surface area contributed by atoms with Crippen molar-refractivity contribution >= 4 is 23.5 Å². The highest BCUT2D eigenvalue weighted by Crippen LogP contribution is 2.34. The van der Waals surface area contributed by atoms with E-state index in [1.165, 1.54) is 5.56 Å². The van der Waals surface area contributed by atoms with E-state index in [0.717, 1.165) is 44.2 Å². The van der Waals surface area contributed by atoms with E-state index >= 15 is 0 Å². The first-order valence-electron chi connectivity index (χ1n) is 9.09. The van der Waals surface area contributed by atoms with Gasteiger partial charge < -0.3 is 15.5 Å². The standard InChI is InChI=1S/C17H21ClN2.C4H4O4/c18-16-6-4-15(5-7-16)17(8-2-1-3-9-17)14-20-12-10-19-11-13-20;5-3(6)1-2-4(7)8/h1-8,19H,9-14H2;1-2H,(H,5,6)(H,7,8)/b;2-1+. The van der Waals surface area contributed by atoms with Crippen molar-refractivity contribution in [1.29, 1.82) is 0 Å². The Morgan fingerprint density at radius 1 is 1.07 bits per heavy atom. The third-order valence-electron chi connectivity index (χ3n) is 4.65. The van der Waals surface area contributed by atoms with Gasteiger partial charge in [0.15, 0.2) is 0 Å². The van der Waals surface area contributed by atoms with E-state index in [1.54, 1.807) is 0 Å². The number of carboxylic acids is 2. The highest BCUT2D eigenvalue weighted by molar-refractivity contribution is 6.30. The summed E-state index contributed by atoms with van der Waals surface area (Å²) >= 11 is 6.04. The van der Waals surface area contributed by atoms with Gasteiger partial charge in [-0.15, -0.1) is 0 Å². The Hall–Kier alpha value is -2.41. The van der Waals surface area contributed by atoms with Crippen LogP contribution in [-0.2, 0) is 15.0 Å². The number of hydrogen-bond acceptors (Lipinski definition) is 4. The zero-order chi connectivity index (χ0) is 20.4. The molecule has 1 aromatic rings. The second-order valence-electron chi connectivity index (χ2n) is 6.69. The summed E-state index contributed by atoms with van der Waals surface area (Å²) in [5.41, 5.74) is 1.46. The number of carbonyl (C=O) groups is 2. The van der Waals surface area contributed by atoms with Gasteiger partial charge in [-0.25, -0.2) is 9.59 Å². The lowest BCUT2D eigenvalue weighted by Gasteiger charge is -2.39. The Bertz CT molecular complexity index is 736. The summed E-state index contributed by atoms with van der Waals surface area (Å²) < 4.78 is 0. The number of nitrogens with one attached hydrogen (secondary N) is 1. The number of benzene rings is 1. The zero-order valence-corrected chi connectivity index (χ0v) is 16.3. The molecule has 0 aromatic heterocycles. The van der Waals surface area contributed by atoms with E-state index < -0.39 is 11.9 Å². The number of nitrogens with zero attached hydrogens (tertiary/aromatic N) is 1. The maximum atomic E-state index is 9.55. The van der Waals surface area contributed by atoms with Crippen molar-refractivity contribution in [3.8, 4) is 0 Å². The van der Waals surface area contributed by atoms with E-state index in [2.05, 4.69) is 46.7 Å². The quantitative estimate of drug-likeness (QED) is 0.654. The molecule has 1 saturated heterocycles. The summed E-state index contributed by atoms with van der Waals surface area (Å²) in [4.78, 5) is 21.7. The number of rotatable bonds is 5. The number of halogens is 1. The first kappa shape index (κ1) is 21.9. The van der Waals surface area contributed by atoms with Crippen LogP contribution in [0.1, 0.15) is 12.0 Å². The Labute approximate surface area is 169 Å². The van der Waals surface area contributed by atoms with Gasteiger partial charge in [0.2, 0.25) is 0 Å². The summed E-state index contributed by atoms with van der Waals surface area (Å²) in [6, 6.07) is 8.35. The highest BCUT2D eigenvalue weighted by Gasteiger charge is 2.32. The number of hydrogen-bond donors (Lipinski definition) is 3. The predicted octanol–water partition coefficient (Wildman–Crippen LogP) is 2.71. The third-order valence-corrected chi connectivity index (χ3v) is 4.90. The van der Waals surface area contributed by atoms with Crippen LogP contribution in [0.2, 0.25) is 5.02 Å². The number of allylic oxidation sites excluding steroid dienone is 3. The largest absolute Gasteiger partial charge is 0.478 e. The minimum absolute atomic E-state index is 0.0939. The topological polar surface area (TPSA) is 89.9 Å². The molecule has 1 unspecified atom stereocenters. The maximum absolute atomic E-state index is 9.55. The van der Waals surface area contributed by atoms with Gasteiger partial charge >= 0.3 is 11.9 Å². The van der Waals surface area contributed by atoms with Gasteiger partial charge in [-0.1, -0.05) is 48.0 Å². The normalized spacial score (nSPS) is 21.9. The molecule has 1 aliphatic carbocycles. The van der Waals surface area contributed by atoms with Crippen LogP contribution in [0.4, 0.5) is 0 Å². The lowest BCUT2D eigenvalue weighted by atomic mass is 9.75. The van der Waals surface area contributed by atoms with Gasteiger partial charge in [-0.2, -0.15) is 0 Å². The van der Waals surface area contributed by atoms with Gasteiger partial charge in [0, 0.05) is 55.3 Å². The van der Waals surface area contributed by atoms with Crippen molar-refractivity contribution in [3.63, 3.8) is 0 Å². The van der Waals surface area contributed by atoms with Crippen molar-refractivity contribution in [1.82, 2.24) is 10.2 Å². The number of aliphatic carboxylic acids is 2. The molecule has 1 aromatic carbocycles. The molecule has 1 fully saturated rings. The van der Waals surface area contributed by atoms with Gasteiger partial charge in [-0.05, 0) is 24.1 Å². The predicted molar refractivity (Wildman–Crippen MR) is 110 cm³/mol. The molecule has 0 spiro atoms. The fraction of sp³-hybridized carbons (Fsp3) is 0.333. The number of carboxylic acid groups (broad SMARTS) is 2. The summed E-state index contributed by atoms with van der Waals surface area (Å²) in [5.74, 6) is -2.51. The van der Waals surface area contributed by atoms with E-state index in [4.69, 9.17) is 21.8 Å². The van der Waals surface area contributed by atoms with Gasteiger partial charge in [-0.3, -0.25) is 4.90 Å². The second kappa shape index (κ2) is 10.8. The molecule has 0 amide bonds. The van der Waals surface area contributed by atoms with E-state index in [-0.39, 0.29) is 5.41 Å². The molecule has 3 N–H and O–H groups in total. The van der Waals surface area contributed by atoms with Crippen LogP contribution in [-0.4, -0.2) is 59.8 Å². The van der Waals surface area contributed by atoms with E-state index in [1.807, 2.05) is 12.1 Å². The third kappa shape index (κ3) is 6.96. The van der Waals surface area contributed by atoms with Crippen LogP contribution < -0.4 is 5.32 Å². The molecule has 0 radical (unpaired) electrons. The first-order valence-corrected chi connectivity index (χ1v) is 9.46. The van der Waals surface area contributed by atoms with Crippen LogP contribution in [0.3, 0.4) is 0 Å². The van der Waals surface area contributed by atoms with Crippen LogP contribution in [0.5, 0.6) is 0 Å². The molecule has 0 saturated carbocycles. The first-order chi connectivity index (χ1) is 13.4. The number of piperazine rings is 1. The molecule has 28 heavy (non-hydrogen) atoms. The monoisotopic (exact) mass is 404 g/mol. The Kier molecular flexibility index (Phi) is 8.44. The fourth-order valence-corrected chi connectivity index (χ4v) is 3.41. The summed E-state index contributed by atoms with van der Waals surface area (Å²) in [6.45, 7) is 5.53. The van der Waals surface area contributed by atoms with Crippen molar-refractivity contribution in [2.24, 2.45) is 0 Å². The zero-order valence-electron chi connectivity index (χ0n) is 15.6. The van der Waals surface area contributed by atoms with Crippen molar-refractivity contribution in [3.05, 3.63) is 71.3 Å². The Balaban J connectivity index is 0.000000300. The van der Waals surface area contributed by atoms with Crippen LogP contribution in [0, 0.1) is 0 Å². The SMILES string of the molecule is Clc1ccc(C2(CN3CCNCC3)C=CC=CC2)cc1.O=C(O)/C=C/C(=O)O. The van der Waals surface area contributed by atoms with E-state index in [9.17, 15) is 9.59 Å². The molecule has 1 atom stereocenters. The van der Waals surface area contributed by atoms with Crippen LogP contribution >= 0.6 is 11.6 Å². The van der Waals surface area contributed by atoms with Crippen LogP contribution in [0.15, 0.2) is 60.7 Å². The molecule has 7 heteroatoms. The van der Waals surface area contributed by atoms with Gasteiger partial charge in [0.25, 0.3) is 0 Å². The lowest BCUT2D eigenvalue weighted by Crippen LogP contribution is -2.49. The molecular weight excluding hydrogens is 380 g/mol. The van der Waals surface area contributed by atoms with Gasteiger partial charge in [0.1, 0.15) is 0 Å². The maximum Gasteiger partial charge on any atom is 0.328 e. The summed E-state index contributed by atoms with van der Waals surface area (Å²) in [7, 11) is 0. The minimum Gasteiger partial charge on any atom is -0.478 e. The lowest BCUT2D eigenvalue weighted by molar-refractivity contribution is -0.134. The van der Waals surface area contributed by atoms with E-state index in [0.29, 0.717) is 12.2 Å². The smallest absolute Gasteiger partial charge is 0.328 e. The molecule has 3 rings (SSSR count). The van der Waals surface area contributed by atoms with Gasteiger partial charge in [0.05, 0.1) is 0 Å². The van der Waals surface area contributed by atoms with Crippen molar-refractivity contribution < 1.29 is 19.8 Å². The van der Waals surface area contributed by atoms with Crippen molar-refractivity contribution in [2.75, 3.05) is 32.7 Å². The minimum atomic E-state index is -1.26. The molecule has 1 heterocycles. The second-order valence-corrected chi connectivity index (χ2v) is 7.13. The van der Waals surface area contributed by atoms with Crippen LogP contribution in [0.25, 0.3) is 0 Å². The molecule has 1 aliphatic heterocycles. The molecule has 6 nitrogen and oxygen atoms in total. The average molecular weight is 405 g/mol. The highest BCUT2D eigenvalue weighted by atomic mass is 35.5. The Morgan fingerprint density at radius 2 is 1.68 bits per heavy atom. The molecule has 0 bridgehead atoms. The summed E-state index contributed by atoms with van der Waals surface area (Å²) in [5, 5.41) is 19.9. The molecule has 150 valence electrons. The fourth-order valence-electron chi connectivity index (χ4n) is 3.28. The Morgan fingerprint density at radius 3 is 2.18 bits per heavy atom. The van der Waals surface area contributed by atoms with Crippen molar-refractivity contribution in [2.45, 2.75) is 11.8 Å². The summed E-state index contributed by atoms with van der Waals surface area (Å²) in [6.07, 6.45) is 11.1.